The number of carbonyl (C=O) groups is 1. The van der Waals surface area contributed by atoms with E-state index in [2.05, 4.69) is 4.90 Å². The number of benzene rings is 2. The Bertz CT molecular complexity index is 885. The molecule has 2 aromatic rings. The lowest BCUT2D eigenvalue weighted by Gasteiger charge is -2.27. The SMILES string of the molecule is COc1cc(O)c(CN2CCOCC2)c(O)c1C(=O)/C=C/c1cccc(C)c1. The quantitative estimate of drug-likeness (QED) is 0.589. The Morgan fingerprint density at radius 1 is 1.25 bits per heavy atom. The predicted molar refractivity (Wildman–Crippen MR) is 107 cm³/mol. The molecule has 1 aliphatic heterocycles. The molecule has 0 atom stereocenters. The molecule has 1 aliphatic rings. The number of aryl methyl sites for hydroxylation is 1. The summed E-state index contributed by atoms with van der Waals surface area (Å²) in [6, 6.07) is 9.13. The van der Waals surface area contributed by atoms with Gasteiger partial charge in [0.15, 0.2) is 5.78 Å². The van der Waals surface area contributed by atoms with Gasteiger partial charge in [-0.3, -0.25) is 9.69 Å². The smallest absolute Gasteiger partial charge is 0.193 e. The van der Waals surface area contributed by atoms with Crippen LogP contribution in [0, 0.1) is 6.92 Å². The number of ether oxygens (including phenoxy) is 2. The van der Waals surface area contributed by atoms with Crippen molar-refractivity contribution >= 4 is 11.9 Å². The fourth-order valence-electron chi connectivity index (χ4n) is 3.24. The molecule has 3 rings (SSSR count). The highest BCUT2D eigenvalue weighted by molar-refractivity contribution is 6.11. The summed E-state index contributed by atoms with van der Waals surface area (Å²) in [5, 5.41) is 21.1. The molecule has 0 radical (unpaired) electrons. The Balaban J connectivity index is 1.91. The van der Waals surface area contributed by atoms with Gasteiger partial charge in [0, 0.05) is 25.7 Å². The van der Waals surface area contributed by atoms with E-state index in [-0.39, 0.29) is 28.6 Å². The lowest BCUT2D eigenvalue weighted by Crippen LogP contribution is -2.35. The van der Waals surface area contributed by atoms with Crippen LogP contribution in [0.2, 0.25) is 0 Å². The van der Waals surface area contributed by atoms with Crippen LogP contribution in [0.25, 0.3) is 6.08 Å². The van der Waals surface area contributed by atoms with Crippen molar-refractivity contribution in [2.75, 3.05) is 33.4 Å². The highest BCUT2D eigenvalue weighted by atomic mass is 16.5. The van der Waals surface area contributed by atoms with E-state index in [1.54, 1.807) is 6.08 Å². The van der Waals surface area contributed by atoms with Crippen molar-refractivity contribution in [2.24, 2.45) is 0 Å². The lowest BCUT2D eigenvalue weighted by atomic mass is 10.0. The summed E-state index contributed by atoms with van der Waals surface area (Å²) in [6.45, 7) is 4.90. The van der Waals surface area contributed by atoms with E-state index < -0.39 is 0 Å². The van der Waals surface area contributed by atoms with Gasteiger partial charge < -0.3 is 19.7 Å². The number of nitrogens with zero attached hydrogens (tertiary/aromatic N) is 1. The molecule has 0 saturated carbocycles. The third kappa shape index (κ3) is 4.52. The fourth-order valence-corrected chi connectivity index (χ4v) is 3.24. The summed E-state index contributed by atoms with van der Waals surface area (Å²) in [5.74, 6) is -0.596. The van der Waals surface area contributed by atoms with Gasteiger partial charge in [-0.15, -0.1) is 0 Å². The molecule has 148 valence electrons. The maximum absolute atomic E-state index is 12.8. The number of rotatable bonds is 6. The fraction of sp³-hybridized carbons (Fsp3) is 0.318. The molecule has 0 spiro atoms. The molecule has 1 saturated heterocycles. The third-order valence-electron chi connectivity index (χ3n) is 4.77. The molecule has 0 bridgehead atoms. The Morgan fingerprint density at radius 2 is 2.00 bits per heavy atom. The number of methoxy groups -OCH3 is 1. The van der Waals surface area contributed by atoms with Gasteiger partial charge in [0.2, 0.25) is 0 Å². The molecular weight excluding hydrogens is 358 g/mol. The van der Waals surface area contributed by atoms with E-state index in [1.807, 2.05) is 31.2 Å². The lowest BCUT2D eigenvalue weighted by molar-refractivity contribution is 0.0335. The molecule has 0 unspecified atom stereocenters. The van der Waals surface area contributed by atoms with Crippen molar-refractivity contribution in [2.45, 2.75) is 13.5 Å². The zero-order valence-corrected chi connectivity index (χ0v) is 16.1. The second-order valence-corrected chi connectivity index (χ2v) is 6.80. The van der Waals surface area contributed by atoms with Gasteiger partial charge in [-0.1, -0.05) is 35.9 Å². The number of hydrogen-bond donors (Lipinski definition) is 2. The van der Waals surface area contributed by atoms with Crippen LogP contribution >= 0.6 is 0 Å². The van der Waals surface area contributed by atoms with Crippen LogP contribution in [0.5, 0.6) is 17.2 Å². The molecule has 2 N–H and O–H groups in total. The molecule has 0 aliphatic carbocycles. The van der Waals surface area contributed by atoms with Crippen LogP contribution < -0.4 is 4.74 Å². The maximum Gasteiger partial charge on any atom is 0.193 e. The molecule has 6 heteroatoms. The standard InChI is InChI=1S/C22H25NO5/c1-15-4-3-5-16(12-15)6-7-18(24)21-20(27-2)13-19(25)17(22(21)26)14-23-8-10-28-11-9-23/h3-7,12-13,25-26H,8-11,14H2,1-2H3/b7-6+. The number of hydrogen-bond acceptors (Lipinski definition) is 6. The van der Waals surface area contributed by atoms with E-state index in [0.29, 0.717) is 38.4 Å². The number of phenolic OH excluding ortho intramolecular Hbond substituents is 2. The minimum absolute atomic E-state index is 0.0486. The van der Waals surface area contributed by atoms with Crippen molar-refractivity contribution in [1.82, 2.24) is 4.90 Å². The molecular formula is C22H25NO5. The number of morpholine rings is 1. The van der Waals surface area contributed by atoms with Gasteiger partial charge >= 0.3 is 0 Å². The second-order valence-electron chi connectivity index (χ2n) is 6.80. The highest BCUT2D eigenvalue weighted by Crippen LogP contribution is 2.39. The topological polar surface area (TPSA) is 79.2 Å². The first-order chi connectivity index (χ1) is 13.5. The first-order valence-corrected chi connectivity index (χ1v) is 9.20. The average Bonchev–Trinajstić information content (AvgIpc) is 2.69. The normalized spacial score (nSPS) is 15.1. The zero-order valence-electron chi connectivity index (χ0n) is 16.1. The van der Waals surface area contributed by atoms with Crippen LogP contribution in [0.4, 0.5) is 0 Å². The number of ketones is 1. The molecule has 0 amide bonds. The number of phenols is 2. The van der Waals surface area contributed by atoms with Gasteiger partial charge in [0.05, 0.1) is 25.9 Å². The Morgan fingerprint density at radius 3 is 2.68 bits per heavy atom. The molecule has 6 nitrogen and oxygen atoms in total. The van der Waals surface area contributed by atoms with Crippen molar-refractivity contribution in [3.05, 3.63) is 58.7 Å². The third-order valence-corrected chi connectivity index (χ3v) is 4.77. The van der Waals surface area contributed by atoms with Gasteiger partial charge in [-0.2, -0.15) is 0 Å². The Kier molecular flexibility index (Phi) is 6.34. The highest BCUT2D eigenvalue weighted by Gasteiger charge is 2.24. The Hall–Kier alpha value is -2.83. The van der Waals surface area contributed by atoms with E-state index in [1.165, 1.54) is 19.3 Å². The summed E-state index contributed by atoms with van der Waals surface area (Å²) in [6.07, 6.45) is 3.10. The van der Waals surface area contributed by atoms with Crippen molar-refractivity contribution in [3.8, 4) is 17.2 Å². The molecule has 2 aromatic carbocycles. The molecule has 1 fully saturated rings. The average molecular weight is 383 g/mol. The minimum atomic E-state index is -0.390. The summed E-state index contributed by atoms with van der Waals surface area (Å²) in [5.41, 5.74) is 2.34. The van der Waals surface area contributed by atoms with Crippen LogP contribution in [-0.4, -0.2) is 54.3 Å². The van der Waals surface area contributed by atoms with Gasteiger partial charge in [-0.05, 0) is 18.6 Å². The largest absolute Gasteiger partial charge is 0.507 e. The van der Waals surface area contributed by atoms with E-state index in [9.17, 15) is 15.0 Å². The first kappa shape index (κ1) is 19.9. The zero-order chi connectivity index (χ0) is 20.1. The van der Waals surface area contributed by atoms with E-state index >= 15 is 0 Å². The Labute approximate surface area is 164 Å². The van der Waals surface area contributed by atoms with Crippen molar-refractivity contribution in [1.29, 1.82) is 0 Å². The molecule has 1 heterocycles. The van der Waals surface area contributed by atoms with E-state index in [4.69, 9.17) is 9.47 Å². The van der Waals surface area contributed by atoms with Crippen molar-refractivity contribution < 1.29 is 24.5 Å². The van der Waals surface area contributed by atoms with Crippen LogP contribution in [0.1, 0.15) is 27.0 Å². The number of aromatic hydroxyl groups is 2. The maximum atomic E-state index is 12.8. The second kappa shape index (κ2) is 8.91. The van der Waals surface area contributed by atoms with Crippen LogP contribution in [0.3, 0.4) is 0 Å². The summed E-state index contributed by atoms with van der Waals surface area (Å²) in [4.78, 5) is 14.9. The van der Waals surface area contributed by atoms with Gasteiger partial charge in [0.25, 0.3) is 0 Å². The summed E-state index contributed by atoms with van der Waals surface area (Å²) >= 11 is 0. The minimum Gasteiger partial charge on any atom is -0.507 e. The van der Waals surface area contributed by atoms with Crippen LogP contribution in [-0.2, 0) is 11.3 Å². The predicted octanol–water partition coefficient (Wildman–Crippen LogP) is 3.14. The summed E-state index contributed by atoms with van der Waals surface area (Å²) < 4.78 is 10.6. The van der Waals surface area contributed by atoms with Crippen molar-refractivity contribution in [3.63, 3.8) is 0 Å². The van der Waals surface area contributed by atoms with Gasteiger partial charge in [-0.25, -0.2) is 0 Å². The van der Waals surface area contributed by atoms with Gasteiger partial charge in [0.1, 0.15) is 22.8 Å². The number of allylic oxidation sites excluding steroid dienone is 1. The van der Waals surface area contributed by atoms with E-state index in [0.717, 1.165) is 11.1 Å². The molecule has 28 heavy (non-hydrogen) atoms. The summed E-state index contributed by atoms with van der Waals surface area (Å²) in [7, 11) is 1.40. The van der Waals surface area contributed by atoms with Crippen LogP contribution in [0.15, 0.2) is 36.4 Å². The molecule has 0 aromatic heterocycles. The number of carbonyl (C=O) groups excluding carboxylic acids is 1. The monoisotopic (exact) mass is 383 g/mol. The first-order valence-electron chi connectivity index (χ1n) is 9.20.